The fourth-order valence-electron chi connectivity index (χ4n) is 2.84. The third-order valence-corrected chi connectivity index (χ3v) is 3.85. The van der Waals surface area contributed by atoms with Gasteiger partial charge in [0, 0.05) is 12.2 Å². The first-order valence-electron chi connectivity index (χ1n) is 7.83. The molecule has 1 unspecified atom stereocenters. The molecule has 2 heterocycles. The first-order valence-corrected chi connectivity index (χ1v) is 7.83. The molecule has 0 bridgehead atoms. The van der Waals surface area contributed by atoms with Crippen LogP contribution in [-0.2, 0) is 27.4 Å². The minimum atomic E-state index is -0.505. The molecule has 6 heteroatoms. The molecule has 1 aromatic carbocycles. The number of hydrogen-bond acceptors (Lipinski definition) is 5. The van der Waals surface area contributed by atoms with Crippen LogP contribution in [0, 0.1) is 0 Å². The zero-order valence-electron chi connectivity index (χ0n) is 13.7. The van der Waals surface area contributed by atoms with Crippen molar-refractivity contribution in [2.75, 3.05) is 11.9 Å². The number of nitrogens with one attached hydrogen (secondary N) is 1. The Balaban J connectivity index is 1.71. The van der Waals surface area contributed by atoms with E-state index >= 15 is 0 Å². The Morgan fingerprint density at radius 1 is 1.35 bits per heavy atom. The lowest BCUT2D eigenvalue weighted by Crippen LogP contribution is -2.33. The van der Waals surface area contributed by atoms with Crippen molar-refractivity contribution in [1.82, 2.24) is 4.90 Å². The summed E-state index contributed by atoms with van der Waals surface area (Å²) >= 11 is 0. The molecule has 0 spiro atoms. The van der Waals surface area contributed by atoms with Gasteiger partial charge in [-0.05, 0) is 38.0 Å². The molecule has 23 heavy (non-hydrogen) atoms. The van der Waals surface area contributed by atoms with Crippen LogP contribution in [0.1, 0.15) is 38.3 Å². The predicted octanol–water partition coefficient (Wildman–Crippen LogP) is 2.66. The van der Waals surface area contributed by atoms with E-state index in [1.54, 1.807) is 4.90 Å². The number of nitrogens with zero attached hydrogens (tertiary/aromatic N) is 1. The molecule has 0 radical (unpaired) electrons. The predicted molar refractivity (Wildman–Crippen MR) is 84.9 cm³/mol. The molecule has 1 atom stereocenters. The number of benzene rings is 1. The maximum atomic E-state index is 12.2. The number of ether oxygens (including phenoxy) is 2. The van der Waals surface area contributed by atoms with E-state index in [0.29, 0.717) is 26.1 Å². The number of carbonyl (C=O) groups excluding carboxylic acids is 2. The van der Waals surface area contributed by atoms with Gasteiger partial charge >= 0.3 is 12.1 Å². The molecule has 124 valence electrons. The molecule has 1 fully saturated rings. The van der Waals surface area contributed by atoms with Crippen LogP contribution < -0.4 is 5.32 Å². The highest BCUT2D eigenvalue weighted by atomic mass is 16.6. The zero-order chi connectivity index (χ0) is 16.6. The second kappa shape index (κ2) is 5.76. The summed E-state index contributed by atoms with van der Waals surface area (Å²) in [4.78, 5) is 25.2. The van der Waals surface area contributed by atoms with E-state index in [4.69, 9.17) is 9.47 Å². The van der Waals surface area contributed by atoms with Crippen molar-refractivity contribution in [3.8, 4) is 0 Å². The van der Waals surface area contributed by atoms with Crippen LogP contribution in [0.15, 0.2) is 18.2 Å². The van der Waals surface area contributed by atoms with Gasteiger partial charge in [-0.1, -0.05) is 12.1 Å². The van der Waals surface area contributed by atoms with E-state index in [0.717, 1.165) is 16.8 Å². The van der Waals surface area contributed by atoms with Crippen LogP contribution in [0.2, 0.25) is 0 Å². The van der Waals surface area contributed by atoms with E-state index in [9.17, 15) is 9.59 Å². The average molecular weight is 318 g/mol. The van der Waals surface area contributed by atoms with Crippen LogP contribution in [0.3, 0.4) is 0 Å². The van der Waals surface area contributed by atoms with Crippen molar-refractivity contribution < 1.29 is 19.1 Å². The summed E-state index contributed by atoms with van der Waals surface area (Å²) in [5.74, 6) is -0.176. The molecule has 1 amide bonds. The van der Waals surface area contributed by atoms with Gasteiger partial charge in [0.1, 0.15) is 12.2 Å². The van der Waals surface area contributed by atoms with Crippen molar-refractivity contribution in [2.24, 2.45) is 0 Å². The van der Waals surface area contributed by atoms with Gasteiger partial charge in [-0.25, -0.2) is 4.79 Å². The Bertz CT molecular complexity index is 636. The van der Waals surface area contributed by atoms with Crippen molar-refractivity contribution in [2.45, 2.75) is 51.9 Å². The maximum Gasteiger partial charge on any atom is 0.410 e. The number of esters is 1. The molecular formula is C17H22N2O4. The van der Waals surface area contributed by atoms with Crippen molar-refractivity contribution in [3.63, 3.8) is 0 Å². The van der Waals surface area contributed by atoms with Gasteiger partial charge in [0.25, 0.3) is 0 Å². The Labute approximate surface area is 135 Å². The highest BCUT2D eigenvalue weighted by Crippen LogP contribution is 2.31. The molecule has 0 aliphatic carbocycles. The summed E-state index contributed by atoms with van der Waals surface area (Å²) in [6, 6.07) is 5.93. The van der Waals surface area contributed by atoms with Crippen LogP contribution in [0.5, 0.6) is 0 Å². The number of hydrogen-bond donors (Lipinski definition) is 1. The molecule has 0 saturated carbocycles. The monoisotopic (exact) mass is 318 g/mol. The van der Waals surface area contributed by atoms with E-state index in [2.05, 4.69) is 5.32 Å². The molecule has 3 rings (SSSR count). The summed E-state index contributed by atoms with van der Waals surface area (Å²) in [5, 5.41) is 3.35. The molecular weight excluding hydrogens is 296 g/mol. The average Bonchev–Trinajstić information content (AvgIpc) is 3.04. The van der Waals surface area contributed by atoms with Gasteiger partial charge in [-0.2, -0.15) is 0 Å². The Morgan fingerprint density at radius 2 is 2.13 bits per heavy atom. The highest BCUT2D eigenvalue weighted by molar-refractivity contribution is 5.74. The zero-order valence-corrected chi connectivity index (χ0v) is 13.7. The molecule has 1 N–H and O–H groups in total. The molecule has 2 aliphatic rings. The molecule has 0 aromatic heterocycles. The molecule has 1 aromatic rings. The number of carbonyl (C=O) groups is 2. The lowest BCUT2D eigenvalue weighted by molar-refractivity contribution is -0.137. The fourth-order valence-corrected chi connectivity index (χ4v) is 2.84. The first-order chi connectivity index (χ1) is 10.8. The molecule has 6 nitrogen and oxygen atoms in total. The van der Waals surface area contributed by atoms with Crippen molar-refractivity contribution in [3.05, 3.63) is 29.3 Å². The molecule has 1 saturated heterocycles. The van der Waals surface area contributed by atoms with Gasteiger partial charge < -0.3 is 14.8 Å². The number of cyclic esters (lactones) is 1. The minimum Gasteiger partial charge on any atom is -0.463 e. The Morgan fingerprint density at radius 3 is 2.78 bits per heavy atom. The Hall–Kier alpha value is -2.24. The number of fused-ring (bicyclic) bond motifs is 1. The van der Waals surface area contributed by atoms with Crippen LogP contribution in [-0.4, -0.2) is 35.2 Å². The quantitative estimate of drug-likeness (QED) is 0.849. The SMILES string of the molecule is CC(C)(C)OC(=O)N1Cc2cccc(NC3COC(=O)C3)c2C1. The summed E-state index contributed by atoms with van der Waals surface area (Å²) < 4.78 is 10.4. The van der Waals surface area contributed by atoms with Gasteiger partial charge in [0.15, 0.2) is 0 Å². The third-order valence-electron chi connectivity index (χ3n) is 3.85. The van der Waals surface area contributed by atoms with E-state index in [1.165, 1.54) is 0 Å². The smallest absolute Gasteiger partial charge is 0.410 e. The van der Waals surface area contributed by atoms with Gasteiger partial charge in [-0.15, -0.1) is 0 Å². The number of amides is 1. The normalized spacial score (nSPS) is 20.2. The van der Waals surface area contributed by atoms with Gasteiger partial charge in [0.2, 0.25) is 0 Å². The lowest BCUT2D eigenvalue weighted by atomic mass is 10.1. The van der Waals surface area contributed by atoms with Crippen LogP contribution in [0.25, 0.3) is 0 Å². The topological polar surface area (TPSA) is 67.9 Å². The van der Waals surface area contributed by atoms with Crippen molar-refractivity contribution in [1.29, 1.82) is 0 Å². The van der Waals surface area contributed by atoms with E-state index in [-0.39, 0.29) is 18.1 Å². The second-order valence-electron chi connectivity index (χ2n) is 7.01. The minimum absolute atomic E-state index is 0.00965. The van der Waals surface area contributed by atoms with Crippen molar-refractivity contribution >= 4 is 17.7 Å². The first kappa shape index (κ1) is 15.6. The number of rotatable bonds is 2. The third kappa shape index (κ3) is 3.57. The largest absolute Gasteiger partial charge is 0.463 e. The summed E-state index contributed by atoms with van der Waals surface area (Å²) in [6.07, 6.45) is 0.0680. The second-order valence-corrected chi connectivity index (χ2v) is 7.01. The summed E-state index contributed by atoms with van der Waals surface area (Å²) in [5.41, 5.74) is 2.63. The van der Waals surface area contributed by atoms with Crippen LogP contribution in [0.4, 0.5) is 10.5 Å². The standard InChI is InChI=1S/C17H22N2O4/c1-17(2,3)23-16(21)19-8-11-5-4-6-14(13(11)9-19)18-12-7-15(20)22-10-12/h4-6,12,18H,7-10H2,1-3H3. The van der Waals surface area contributed by atoms with Crippen LogP contribution >= 0.6 is 0 Å². The fraction of sp³-hybridized carbons (Fsp3) is 0.529. The highest BCUT2D eigenvalue weighted by Gasteiger charge is 2.30. The van der Waals surface area contributed by atoms with Gasteiger partial charge in [-0.3, -0.25) is 9.69 Å². The number of anilines is 1. The lowest BCUT2D eigenvalue weighted by Gasteiger charge is -2.24. The van der Waals surface area contributed by atoms with E-state index < -0.39 is 5.60 Å². The van der Waals surface area contributed by atoms with E-state index in [1.807, 2.05) is 39.0 Å². The Kier molecular flexibility index (Phi) is 3.92. The molecule has 2 aliphatic heterocycles. The summed E-state index contributed by atoms with van der Waals surface area (Å²) in [7, 11) is 0. The maximum absolute atomic E-state index is 12.2. The summed E-state index contributed by atoms with van der Waals surface area (Å²) in [6.45, 7) is 7.02. The van der Waals surface area contributed by atoms with Gasteiger partial charge in [0.05, 0.1) is 19.0 Å².